The molecule has 0 fully saturated rings. The van der Waals surface area contributed by atoms with Crippen molar-refractivity contribution < 1.29 is 19.1 Å². The van der Waals surface area contributed by atoms with Gasteiger partial charge in [0.05, 0.1) is 24.8 Å². The fourth-order valence-corrected chi connectivity index (χ4v) is 3.09. The summed E-state index contributed by atoms with van der Waals surface area (Å²) in [6, 6.07) is 17.6. The van der Waals surface area contributed by atoms with Gasteiger partial charge < -0.3 is 15.4 Å². The van der Waals surface area contributed by atoms with Gasteiger partial charge in [-0.3, -0.25) is 9.59 Å². The Morgan fingerprint density at radius 1 is 1.06 bits per heavy atom. The molecule has 160 valence electrons. The van der Waals surface area contributed by atoms with Gasteiger partial charge in [0.1, 0.15) is 0 Å². The standard InChI is InChI=1S/C23H24N4O4/c1-3-31-23(30)20-12-13-27(26-20)19-11-7-10-18(14-19)25-22(29)15-21(24-16(2)28)17-8-5-4-6-9-17/h4-14,21H,3,15H2,1-2H3,(H,24,28)(H,25,29). The normalized spacial score (nSPS) is 11.4. The lowest BCUT2D eigenvalue weighted by molar-refractivity contribution is -0.120. The highest BCUT2D eigenvalue weighted by Gasteiger charge is 2.17. The monoisotopic (exact) mass is 420 g/mol. The summed E-state index contributed by atoms with van der Waals surface area (Å²) >= 11 is 0. The Hall–Kier alpha value is -3.94. The van der Waals surface area contributed by atoms with Crippen molar-refractivity contribution in [2.75, 3.05) is 11.9 Å². The van der Waals surface area contributed by atoms with E-state index in [4.69, 9.17) is 4.74 Å². The third-order valence-electron chi connectivity index (χ3n) is 4.44. The minimum Gasteiger partial charge on any atom is -0.461 e. The minimum atomic E-state index is -0.490. The molecule has 8 heteroatoms. The smallest absolute Gasteiger partial charge is 0.358 e. The van der Waals surface area contributed by atoms with Crippen LogP contribution in [0.2, 0.25) is 0 Å². The number of nitrogens with zero attached hydrogens (tertiary/aromatic N) is 2. The van der Waals surface area contributed by atoms with Crippen LogP contribution in [0.15, 0.2) is 66.9 Å². The highest BCUT2D eigenvalue weighted by molar-refractivity contribution is 5.92. The second-order valence-electron chi connectivity index (χ2n) is 6.83. The number of ether oxygens (including phenoxy) is 1. The lowest BCUT2D eigenvalue weighted by atomic mass is 10.0. The van der Waals surface area contributed by atoms with Crippen molar-refractivity contribution in [2.24, 2.45) is 0 Å². The number of esters is 1. The van der Waals surface area contributed by atoms with Crippen LogP contribution < -0.4 is 10.6 Å². The predicted molar refractivity (Wildman–Crippen MR) is 116 cm³/mol. The molecule has 0 spiro atoms. The lowest BCUT2D eigenvalue weighted by Gasteiger charge is -2.18. The number of aromatic nitrogens is 2. The number of carbonyl (C=O) groups excluding carboxylic acids is 3. The molecule has 1 heterocycles. The Labute approximate surface area is 180 Å². The number of hydrogen-bond donors (Lipinski definition) is 2. The van der Waals surface area contributed by atoms with Crippen LogP contribution in [0.5, 0.6) is 0 Å². The SMILES string of the molecule is CCOC(=O)c1ccn(-c2cccc(NC(=O)CC(NC(C)=O)c3ccccc3)c2)n1. The first kappa shape index (κ1) is 21.8. The zero-order chi connectivity index (χ0) is 22.2. The van der Waals surface area contributed by atoms with Gasteiger partial charge in [0, 0.05) is 18.8 Å². The molecule has 1 unspecified atom stereocenters. The third-order valence-corrected chi connectivity index (χ3v) is 4.44. The Morgan fingerprint density at radius 2 is 1.84 bits per heavy atom. The third kappa shape index (κ3) is 6.02. The van der Waals surface area contributed by atoms with Crippen LogP contribution in [0.4, 0.5) is 5.69 Å². The Morgan fingerprint density at radius 3 is 2.55 bits per heavy atom. The second-order valence-corrected chi connectivity index (χ2v) is 6.83. The average Bonchev–Trinajstić information content (AvgIpc) is 3.24. The fraction of sp³-hybridized carbons (Fsp3) is 0.217. The van der Waals surface area contributed by atoms with E-state index in [2.05, 4.69) is 15.7 Å². The topological polar surface area (TPSA) is 102 Å². The first-order chi connectivity index (χ1) is 15.0. The van der Waals surface area contributed by atoms with E-state index in [0.29, 0.717) is 11.4 Å². The van der Waals surface area contributed by atoms with E-state index in [-0.39, 0.29) is 30.5 Å². The molecule has 2 aromatic carbocycles. The van der Waals surface area contributed by atoms with Crippen LogP contribution in [-0.2, 0) is 14.3 Å². The Kier molecular flexibility index (Phi) is 7.16. The minimum absolute atomic E-state index is 0.0859. The zero-order valence-electron chi connectivity index (χ0n) is 17.4. The van der Waals surface area contributed by atoms with E-state index in [1.807, 2.05) is 36.4 Å². The van der Waals surface area contributed by atoms with Crippen LogP contribution >= 0.6 is 0 Å². The molecule has 1 aromatic heterocycles. The van der Waals surface area contributed by atoms with Crippen molar-refractivity contribution in [3.8, 4) is 5.69 Å². The van der Waals surface area contributed by atoms with Crippen LogP contribution in [-0.4, -0.2) is 34.2 Å². The molecule has 3 rings (SSSR count). The Bertz CT molecular complexity index is 1060. The highest BCUT2D eigenvalue weighted by Crippen LogP contribution is 2.19. The van der Waals surface area contributed by atoms with E-state index in [0.717, 1.165) is 5.56 Å². The van der Waals surface area contributed by atoms with Gasteiger partial charge in [0.25, 0.3) is 0 Å². The van der Waals surface area contributed by atoms with Gasteiger partial charge in [0.2, 0.25) is 11.8 Å². The number of benzene rings is 2. The number of nitrogens with one attached hydrogen (secondary N) is 2. The van der Waals surface area contributed by atoms with Gasteiger partial charge in [-0.2, -0.15) is 5.10 Å². The average molecular weight is 420 g/mol. The van der Waals surface area contributed by atoms with Crippen molar-refractivity contribution in [3.05, 3.63) is 78.1 Å². The summed E-state index contributed by atoms with van der Waals surface area (Å²) in [5, 5.41) is 9.89. The first-order valence-corrected chi connectivity index (χ1v) is 9.91. The largest absolute Gasteiger partial charge is 0.461 e. The zero-order valence-corrected chi connectivity index (χ0v) is 17.4. The van der Waals surface area contributed by atoms with Crippen molar-refractivity contribution in [1.29, 1.82) is 0 Å². The first-order valence-electron chi connectivity index (χ1n) is 9.91. The number of amides is 2. The molecule has 0 aliphatic heterocycles. The van der Waals surface area contributed by atoms with Gasteiger partial charge in [-0.15, -0.1) is 0 Å². The fourth-order valence-electron chi connectivity index (χ4n) is 3.09. The molecular weight excluding hydrogens is 396 g/mol. The number of hydrogen-bond acceptors (Lipinski definition) is 5. The van der Waals surface area contributed by atoms with Gasteiger partial charge in [-0.25, -0.2) is 9.48 Å². The van der Waals surface area contributed by atoms with Gasteiger partial charge in [-0.1, -0.05) is 36.4 Å². The molecule has 8 nitrogen and oxygen atoms in total. The highest BCUT2D eigenvalue weighted by atomic mass is 16.5. The summed E-state index contributed by atoms with van der Waals surface area (Å²) in [5.41, 5.74) is 2.31. The summed E-state index contributed by atoms with van der Waals surface area (Å²) in [6.45, 7) is 3.43. The Balaban J connectivity index is 1.70. The van der Waals surface area contributed by atoms with E-state index in [1.165, 1.54) is 11.6 Å². The summed E-state index contributed by atoms with van der Waals surface area (Å²) in [5.74, 6) is -0.942. The molecule has 0 bridgehead atoms. The van der Waals surface area contributed by atoms with E-state index in [1.54, 1.807) is 37.4 Å². The van der Waals surface area contributed by atoms with E-state index < -0.39 is 12.0 Å². The predicted octanol–water partition coefficient (Wildman–Crippen LogP) is 3.26. The number of carbonyl (C=O) groups is 3. The molecule has 31 heavy (non-hydrogen) atoms. The second kappa shape index (κ2) is 10.2. The molecule has 1 atom stereocenters. The summed E-state index contributed by atoms with van der Waals surface area (Å²) in [6.07, 6.45) is 1.73. The van der Waals surface area contributed by atoms with Crippen LogP contribution in [0.1, 0.15) is 42.4 Å². The van der Waals surface area contributed by atoms with Crippen LogP contribution in [0.25, 0.3) is 5.69 Å². The van der Waals surface area contributed by atoms with Crippen molar-refractivity contribution in [3.63, 3.8) is 0 Å². The van der Waals surface area contributed by atoms with E-state index >= 15 is 0 Å². The maximum atomic E-state index is 12.6. The molecule has 0 saturated heterocycles. The molecule has 0 aliphatic carbocycles. The molecule has 3 aromatic rings. The molecule has 0 radical (unpaired) electrons. The van der Waals surface area contributed by atoms with E-state index in [9.17, 15) is 14.4 Å². The van der Waals surface area contributed by atoms with Crippen molar-refractivity contribution in [1.82, 2.24) is 15.1 Å². The quantitative estimate of drug-likeness (QED) is 0.545. The maximum absolute atomic E-state index is 12.6. The molecular formula is C23H24N4O4. The van der Waals surface area contributed by atoms with Crippen LogP contribution in [0, 0.1) is 0 Å². The number of rotatable bonds is 8. The molecule has 2 amide bonds. The van der Waals surface area contributed by atoms with Crippen LogP contribution in [0.3, 0.4) is 0 Å². The van der Waals surface area contributed by atoms with Gasteiger partial charge in [0.15, 0.2) is 5.69 Å². The summed E-state index contributed by atoms with van der Waals surface area (Å²) in [4.78, 5) is 36.0. The maximum Gasteiger partial charge on any atom is 0.358 e. The number of anilines is 1. The van der Waals surface area contributed by atoms with Crippen molar-refractivity contribution >= 4 is 23.5 Å². The lowest BCUT2D eigenvalue weighted by Crippen LogP contribution is -2.29. The molecule has 0 aliphatic rings. The summed E-state index contributed by atoms with van der Waals surface area (Å²) < 4.78 is 6.49. The van der Waals surface area contributed by atoms with Gasteiger partial charge in [-0.05, 0) is 36.8 Å². The van der Waals surface area contributed by atoms with Crippen molar-refractivity contribution in [2.45, 2.75) is 26.3 Å². The van der Waals surface area contributed by atoms with Gasteiger partial charge >= 0.3 is 5.97 Å². The molecule has 0 saturated carbocycles. The molecule has 2 N–H and O–H groups in total. The summed E-state index contributed by atoms with van der Waals surface area (Å²) in [7, 11) is 0.